The maximum absolute atomic E-state index is 12.0. The quantitative estimate of drug-likeness (QED) is 0.271. The van der Waals surface area contributed by atoms with Crippen molar-refractivity contribution in [1.29, 1.82) is 0 Å². The third kappa shape index (κ3) is 12.5. The van der Waals surface area contributed by atoms with Gasteiger partial charge in [0.25, 0.3) is 5.91 Å². The van der Waals surface area contributed by atoms with Gasteiger partial charge in [0.05, 0.1) is 0 Å². The van der Waals surface area contributed by atoms with Gasteiger partial charge >= 0.3 is 0 Å². The van der Waals surface area contributed by atoms with Gasteiger partial charge in [0.2, 0.25) is 0 Å². The predicted octanol–water partition coefficient (Wildman–Crippen LogP) is 7.66. The molecule has 1 N–H and O–H groups in total. The SMILES string of the molecule is CCCCCCCCCCCCCCCCNC(=O)c1ccc(Br)cc1. The van der Waals surface area contributed by atoms with Crippen molar-refractivity contribution < 1.29 is 4.79 Å². The monoisotopic (exact) mass is 423 g/mol. The van der Waals surface area contributed by atoms with E-state index in [1.165, 1.54) is 83.5 Å². The van der Waals surface area contributed by atoms with Gasteiger partial charge in [0.15, 0.2) is 0 Å². The van der Waals surface area contributed by atoms with Gasteiger partial charge < -0.3 is 5.32 Å². The van der Waals surface area contributed by atoms with Gasteiger partial charge in [0.1, 0.15) is 0 Å². The largest absolute Gasteiger partial charge is 0.352 e. The average molecular weight is 424 g/mol. The molecule has 1 aromatic carbocycles. The molecule has 0 unspecified atom stereocenters. The van der Waals surface area contributed by atoms with Crippen LogP contribution in [0, 0.1) is 0 Å². The normalized spacial score (nSPS) is 10.8. The third-order valence-electron chi connectivity index (χ3n) is 4.92. The van der Waals surface area contributed by atoms with Gasteiger partial charge in [-0.05, 0) is 30.7 Å². The molecular weight excluding hydrogens is 386 g/mol. The molecule has 3 heteroatoms. The molecule has 0 saturated heterocycles. The third-order valence-corrected chi connectivity index (χ3v) is 5.45. The zero-order chi connectivity index (χ0) is 18.9. The van der Waals surface area contributed by atoms with Crippen molar-refractivity contribution in [2.24, 2.45) is 0 Å². The molecule has 2 nitrogen and oxygen atoms in total. The van der Waals surface area contributed by atoms with Gasteiger partial charge in [-0.2, -0.15) is 0 Å². The van der Waals surface area contributed by atoms with Crippen molar-refractivity contribution in [3.8, 4) is 0 Å². The van der Waals surface area contributed by atoms with E-state index >= 15 is 0 Å². The number of nitrogens with one attached hydrogen (secondary N) is 1. The van der Waals surface area contributed by atoms with E-state index in [0.717, 1.165) is 23.0 Å². The molecule has 1 amide bonds. The average Bonchev–Trinajstić information content (AvgIpc) is 2.65. The molecule has 0 fully saturated rings. The lowest BCUT2D eigenvalue weighted by molar-refractivity contribution is 0.0953. The number of unbranched alkanes of at least 4 members (excludes halogenated alkanes) is 13. The highest BCUT2D eigenvalue weighted by Gasteiger charge is 2.03. The molecule has 0 aromatic heterocycles. The summed E-state index contributed by atoms with van der Waals surface area (Å²) in [7, 11) is 0. The van der Waals surface area contributed by atoms with Gasteiger partial charge in [-0.15, -0.1) is 0 Å². The minimum Gasteiger partial charge on any atom is -0.352 e. The van der Waals surface area contributed by atoms with Crippen LogP contribution in [0.15, 0.2) is 28.7 Å². The van der Waals surface area contributed by atoms with Crippen LogP contribution in [0.5, 0.6) is 0 Å². The van der Waals surface area contributed by atoms with Gasteiger partial charge in [-0.25, -0.2) is 0 Å². The van der Waals surface area contributed by atoms with Crippen LogP contribution in [0.3, 0.4) is 0 Å². The van der Waals surface area contributed by atoms with Crippen LogP contribution in [0.2, 0.25) is 0 Å². The lowest BCUT2D eigenvalue weighted by atomic mass is 10.0. The van der Waals surface area contributed by atoms with Crippen LogP contribution in [0.4, 0.5) is 0 Å². The van der Waals surface area contributed by atoms with Crippen molar-refractivity contribution in [1.82, 2.24) is 5.32 Å². The summed E-state index contributed by atoms with van der Waals surface area (Å²) < 4.78 is 1.00. The molecule has 0 heterocycles. The number of hydrogen-bond donors (Lipinski definition) is 1. The van der Waals surface area contributed by atoms with Crippen LogP contribution in [0.25, 0.3) is 0 Å². The van der Waals surface area contributed by atoms with Crippen LogP contribution in [-0.4, -0.2) is 12.5 Å². The minimum absolute atomic E-state index is 0.0344. The minimum atomic E-state index is 0.0344. The van der Waals surface area contributed by atoms with Crippen molar-refractivity contribution in [2.75, 3.05) is 6.54 Å². The molecule has 0 radical (unpaired) electrons. The number of rotatable bonds is 16. The number of carbonyl (C=O) groups is 1. The Kier molecular flexibility index (Phi) is 14.6. The van der Waals surface area contributed by atoms with Crippen molar-refractivity contribution in [2.45, 2.75) is 96.8 Å². The van der Waals surface area contributed by atoms with E-state index in [1.54, 1.807) is 0 Å². The Bertz CT molecular complexity index is 458. The first-order valence-electron chi connectivity index (χ1n) is 10.8. The summed E-state index contributed by atoms with van der Waals surface area (Å²) in [6, 6.07) is 7.51. The summed E-state index contributed by atoms with van der Waals surface area (Å²) in [5.41, 5.74) is 0.735. The lowest BCUT2D eigenvalue weighted by Crippen LogP contribution is -2.24. The highest BCUT2D eigenvalue weighted by atomic mass is 79.9. The highest BCUT2D eigenvalue weighted by molar-refractivity contribution is 9.10. The summed E-state index contributed by atoms with van der Waals surface area (Å²) in [6.07, 6.45) is 19.0. The number of hydrogen-bond acceptors (Lipinski definition) is 1. The van der Waals surface area contributed by atoms with E-state index < -0.39 is 0 Å². The van der Waals surface area contributed by atoms with Crippen molar-refractivity contribution in [3.63, 3.8) is 0 Å². The summed E-state index contributed by atoms with van der Waals surface area (Å²) in [5, 5.41) is 3.01. The second-order valence-corrected chi connectivity index (χ2v) is 8.27. The molecule has 0 saturated carbocycles. The van der Waals surface area contributed by atoms with Gasteiger partial charge in [-0.3, -0.25) is 4.79 Å². The van der Waals surface area contributed by atoms with Crippen LogP contribution in [-0.2, 0) is 0 Å². The first-order valence-corrected chi connectivity index (χ1v) is 11.6. The van der Waals surface area contributed by atoms with Crippen molar-refractivity contribution in [3.05, 3.63) is 34.3 Å². The number of halogens is 1. The second kappa shape index (κ2) is 16.4. The van der Waals surface area contributed by atoms with E-state index in [2.05, 4.69) is 28.2 Å². The number of benzene rings is 1. The Labute approximate surface area is 169 Å². The molecule has 0 spiro atoms. The Morgan fingerprint density at radius 3 is 1.62 bits per heavy atom. The second-order valence-electron chi connectivity index (χ2n) is 7.36. The number of amides is 1. The smallest absolute Gasteiger partial charge is 0.251 e. The molecule has 0 bridgehead atoms. The summed E-state index contributed by atoms with van der Waals surface area (Å²) >= 11 is 3.39. The summed E-state index contributed by atoms with van der Waals surface area (Å²) in [4.78, 5) is 12.0. The van der Waals surface area contributed by atoms with E-state index in [-0.39, 0.29) is 5.91 Å². The lowest BCUT2D eigenvalue weighted by Gasteiger charge is -2.06. The molecule has 148 valence electrons. The molecule has 26 heavy (non-hydrogen) atoms. The van der Waals surface area contributed by atoms with Crippen molar-refractivity contribution >= 4 is 21.8 Å². The molecule has 0 atom stereocenters. The number of carbonyl (C=O) groups excluding carboxylic acids is 1. The molecule has 0 aliphatic carbocycles. The maximum atomic E-state index is 12.0. The molecule has 0 aliphatic rings. The predicted molar refractivity (Wildman–Crippen MR) is 117 cm³/mol. The Balaban J connectivity index is 1.82. The maximum Gasteiger partial charge on any atom is 0.251 e. The van der Waals surface area contributed by atoms with Crippen LogP contribution in [0.1, 0.15) is 107 Å². The zero-order valence-electron chi connectivity index (χ0n) is 16.7. The Morgan fingerprint density at radius 1 is 0.731 bits per heavy atom. The summed E-state index contributed by atoms with van der Waals surface area (Å²) in [6.45, 7) is 3.06. The van der Waals surface area contributed by atoms with E-state index in [1.807, 2.05) is 24.3 Å². The van der Waals surface area contributed by atoms with E-state index in [0.29, 0.717) is 0 Å². The van der Waals surface area contributed by atoms with Gasteiger partial charge in [0, 0.05) is 16.6 Å². The molecule has 0 aliphatic heterocycles. The fourth-order valence-electron chi connectivity index (χ4n) is 3.22. The first-order chi connectivity index (χ1) is 12.7. The molecular formula is C23H38BrNO. The molecule has 1 aromatic rings. The Hall–Kier alpha value is -0.830. The van der Waals surface area contributed by atoms with E-state index in [4.69, 9.17) is 0 Å². The fraction of sp³-hybridized carbons (Fsp3) is 0.696. The van der Waals surface area contributed by atoms with E-state index in [9.17, 15) is 4.79 Å². The summed E-state index contributed by atoms with van der Waals surface area (Å²) in [5.74, 6) is 0.0344. The highest BCUT2D eigenvalue weighted by Crippen LogP contribution is 2.13. The topological polar surface area (TPSA) is 29.1 Å². The fourth-order valence-corrected chi connectivity index (χ4v) is 3.49. The van der Waals surface area contributed by atoms with Crippen LogP contribution < -0.4 is 5.32 Å². The standard InChI is InChI=1S/C23H38BrNO/c1-2-3-4-5-6-7-8-9-10-11-12-13-14-15-20-25-23(26)21-16-18-22(24)19-17-21/h16-19H,2-15,20H2,1H3,(H,25,26). The molecule has 1 rings (SSSR count). The van der Waals surface area contributed by atoms with Crippen LogP contribution >= 0.6 is 15.9 Å². The first kappa shape index (κ1) is 23.2. The van der Waals surface area contributed by atoms with Gasteiger partial charge in [-0.1, -0.05) is 106 Å². The zero-order valence-corrected chi connectivity index (χ0v) is 18.3. The Morgan fingerprint density at radius 2 is 1.15 bits per heavy atom.